The van der Waals surface area contributed by atoms with E-state index < -0.39 is 75.2 Å². The van der Waals surface area contributed by atoms with Gasteiger partial charge in [-0.3, -0.25) is 23.9 Å². The molecule has 5 N–H and O–H groups in total. The van der Waals surface area contributed by atoms with Crippen molar-refractivity contribution in [1.82, 2.24) is 35.5 Å². The summed E-state index contributed by atoms with van der Waals surface area (Å²) in [5.41, 5.74) is -0.284. The van der Waals surface area contributed by atoms with Gasteiger partial charge in [0, 0.05) is 35.2 Å². The van der Waals surface area contributed by atoms with Gasteiger partial charge in [0.2, 0.25) is 11.8 Å². The van der Waals surface area contributed by atoms with Crippen molar-refractivity contribution in [2.24, 2.45) is 11.3 Å². The van der Waals surface area contributed by atoms with Crippen molar-refractivity contribution in [3.63, 3.8) is 0 Å². The molecule has 3 heterocycles. The number of hydrogen-bond acceptors (Lipinski definition) is 14. The summed E-state index contributed by atoms with van der Waals surface area (Å²) >= 11 is 8.25. The molecule has 1 saturated heterocycles. The number of thiazole rings is 1. The Hall–Kier alpha value is -5.05. The van der Waals surface area contributed by atoms with Crippen molar-refractivity contribution < 1.29 is 46.0 Å². The molecule has 2 saturated carbocycles. The third-order valence-electron chi connectivity index (χ3n) is 11.1. The molecule has 0 radical (unpaired) electrons. The van der Waals surface area contributed by atoms with Gasteiger partial charge in [0.15, 0.2) is 5.13 Å². The van der Waals surface area contributed by atoms with E-state index in [9.17, 15) is 32.4 Å². The van der Waals surface area contributed by atoms with Gasteiger partial charge in [0.25, 0.3) is 5.91 Å². The Morgan fingerprint density at radius 2 is 1.79 bits per heavy atom. The Morgan fingerprint density at radius 3 is 2.42 bits per heavy atom. The number of carbonyl (C=O) groups is 5. The maximum Gasteiger partial charge on any atom is 0.408 e. The van der Waals surface area contributed by atoms with E-state index in [1.54, 1.807) is 31.6 Å². The van der Waals surface area contributed by atoms with E-state index in [1.165, 1.54) is 22.3 Å². The van der Waals surface area contributed by atoms with E-state index >= 15 is 0 Å². The monoisotopic (exact) mass is 916 g/mol. The molecule has 336 valence electrons. The number of aryl methyl sites for hydroxylation is 1. The number of ether oxygens (including phenoxy) is 2. The Balaban J connectivity index is 1.34. The van der Waals surface area contributed by atoms with Crippen molar-refractivity contribution in [2.75, 3.05) is 19.0 Å². The average Bonchev–Trinajstić information content (AvgIpc) is 3.60. The van der Waals surface area contributed by atoms with Crippen LogP contribution in [0.1, 0.15) is 78.7 Å². The molecule has 2 aromatic heterocycles. The molecule has 18 nitrogen and oxygen atoms in total. The fraction of sp³-hybridized carbons (Fsp3) is 0.537. The van der Waals surface area contributed by atoms with Gasteiger partial charge in [-0.1, -0.05) is 44.5 Å². The fourth-order valence-corrected chi connectivity index (χ4v) is 9.09. The van der Waals surface area contributed by atoms with Gasteiger partial charge in [0.1, 0.15) is 41.3 Å². The topological polar surface area (TPSA) is 236 Å². The van der Waals surface area contributed by atoms with Crippen molar-refractivity contribution in [3.8, 4) is 17.1 Å². The van der Waals surface area contributed by atoms with Gasteiger partial charge in [-0.2, -0.15) is 8.42 Å². The van der Waals surface area contributed by atoms with Crippen LogP contribution in [-0.2, 0) is 33.6 Å². The standard InChI is InChI=1S/C41H53ClN8O10S2/c1-9-23-18-41(23,36(53)47-37(54)49-62(56,57)58-8)48-34(51)29-16-25(19-50(29)35(52)33(40(5,6)7)46-39(55)60-24-12-10-11-13-24)59-30-17-27(28-20-61-38(45-28)43-21(2)3)44-32-26(30)15-14-22(4)31(32)42/h9,14-15,17,20-21,23-25,29,33H,1,10-13,16,18-19H2,2-8H3,(H,43,45)(H,46,55)(H,48,51)(H2,47,49,53,54)/t23-,25?,29+,33-,41-/m1/s1. The van der Waals surface area contributed by atoms with E-state index in [0.717, 1.165) is 25.5 Å². The SMILES string of the molecule is C=C[C@@H]1C[C@]1(NC(=O)[C@@H]1CC(Oc2cc(-c3csc(NC(C)C)n3)nc3c(Cl)c(C)ccc23)CN1C(=O)[C@@H](NC(=O)OC1CCCC1)C(C)(C)C)C(=O)NC(=O)NS(=O)(=O)OC. The van der Waals surface area contributed by atoms with Gasteiger partial charge >= 0.3 is 22.4 Å². The highest BCUT2D eigenvalue weighted by atomic mass is 35.5. The largest absolute Gasteiger partial charge is 0.488 e. The smallest absolute Gasteiger partial charge is 0.408 e. The van der Waals surface area contributed by atoms with Gasteiger partial charge in [0.05, 0.1) is 29.9 Å². The van der Waals surface area contributed by atoms with Gasteiger partial charge < -0.3 is 30.3 Å². The van der Waals surface area contributed by atoms with Crippen molar-refractivity contribution in [2.45, 2.75) is 116 Å². The van der Waals surface area contributed by atoms with Gasteiger partial charge in [-0.15, -0.1) is 17.9 Å². The van der Waals surface area contributed by atoms with Gasteiger partial charge in [-0.25, -0.2) is 24.3 Å². The summed E-state index contributed by atoms with van der Waals surface area (Å²) in [4.78, 5) is 79.5. The molecular formula is C41H53ClN8O10S2. The molecule has 1 aromatic carbocycles. The number of likely N-dealkylation sites (tertiary alicyclic amines) is 1. The second kappa shape index (κ2) is 18.4. The van der Waals surface area contributed by atoms with Crippen LogP contribution in [0.3, 0.4) is 0 Å². The number of urea groups is 1. The second-order valence-electron chi connectivity index (χ2n) is 17.2. The number of amides is 6. The zero-order valence-corrected chi connectivity index (χ0v) is 38.0. The van der Waals surface area contributed by atoms with Crippen LogP contribution in [0.4, 0.5) is 14.7 Å². The summed E-state index contributed by atoms with van der Waals surface area (Å²) in [5, 5.41) is 14.3. The Kier molecular flexibility index (Phi) is 13.7. The van der Waals surface area contributed by atoms with E-state index in [1.807, 2.05) is 43.6 Å². The minimum Gasteiger partial charge on any atom is -0.488 e. The highest BCUT2D eigenvalue weighted by Crippen LogP contribution is 2.45. The minimum absolute atomic E-state index is 0.0230. The van der Waals surface area contributed by atoms with Crippen LogP contribution < -0.4 is 30.7 Å². The second-order valence-corrected chi connectivity index (χ2v) is 19.9. The van der Waals surface area contributed by atoms with E-state index in [4.69, 9.17) is 31.0 Å². The molecule has 3 aliphatic rings. The van der Waals surface area contributed by atoms with Crippen LogP contribution in [0.15, 0.2) is 36.2 Å². The number of anilines is 1. The molecule has 0 spiro atoms. The maximum absolute atomic E-state index is 14.8. The van der Waals surface area contributed by atoms with E-state index in [-0.39, 0.29) is 31.5 Å². The predicted molar refractivity (Wildman–Crippen MR) is 233 cm³/mol. The summed E-state index contributed by atoms with van der Waals surface area (Å²) in [5.74, 6) is -2.66. The van der Waals surface area contributed by atoms with Crippen molar-refractivity contribution in [1.29, 1.82) is 0 Å². The third-order valence-corrected chi connectivity index (χ3v) is 13.2. The van der Waals surface area contributed by atoms with Crippen LogP contribution in [0, 0.1) is 18.3 Å². The average molecular weight is 918 g/mol. The highest BCUT2D eigenvalue weighted by Gasteiger charge is 2.61. The lowest BCUT2D eigenvalue weighted by Crippen LogP contribution is -2.60. The molecule has 5 atom stereocenters. The summed E-state index contributed by atoms with van der Waals surface area (Å²) in [7, 11) is -3.68. The number of carbonyl (C=O) groups excluding carboxylic acids is 5. The first-order valence-electron chi connectivity index (χ1n) is 20.3. The lowest BCUT2D eigenvalue weighted by Gasteiger charge is -2.35. The number of alkyl carbamates (subject to hydrolysis) is 1. The molecule has 6 amide bonds. The number of pyridine rings is 1. The number of benzene rings is 1. The molecule has 0 bridgehead atoms. The van der Waals surface area contributed by atoms with Gasteiger partial charge in [-0.05, 0) is 69.9 Å². The molecule has 21 heteroatoms. The Morgan fingerprint density at radius 1 is 1.08 bits per heavy atom. The predicted octanol–water partition coefficient (Wildman–Crippen LogP) is 5.35. The number of hydrogen-bond donors (Lipinski definition) is 5. The first-order chi connectivity index (χ1) is 29.1. The lowest BCUT2D eigenvalue weighted by atomic mass is 9.85. The zero-order chi connectivity index (χ0) is 45.3. The van der Waals surface area contributed by atoms with Crippen LogP contribution in [0.2, 0.25) is 5.02 Å². The number of nitrogens with one attached hydrogen (secondary N) is 5. The first-order valence-corrected chi connectivity index (χ1v) is 23.0. The summed E-state index contributed by atoms with van der Waals surface area (Å²) < 4.78 is 41.8. The molecule has 3 fully saturated rings. The zero-order valence-electron chi connectivity index (χ0n) is 35.6. The van der Waals surface area contributed by atoms with E-state index in [2.05, 4.69) is 26.7 Å². The quantitative estimate of drug-likeness (QED) is 0.129. The minimum atomic E-state index is -4.51. The fourth-order valence-electron chi connectivity index (χ4n) is 7.67. The molecule has 1 unspecified atom stereocenters. The first kappa shape index (κ1) is 46.5. The van der Waals surface area contributed by atoms with Crippen LogP contribution in [0.25, 0.3) is 22.3 Å². The Labute approximate surface area is 369 Å². The van der Waals surface area contributed by atoms with Crippen molar-refractivity contribution in [3.05, 3.63) is 46.8 Å². The summed E-state index contributed by atoms with van der Waals surface area (Å²) in [6.45, 7) is 14.8. The van der Waals surface area contributed by atoms with Crippen LogP contribution >= 0.6 is 22.9 Å². The van der Waals surface area contributed by atoms with Crippen LogP contribution in [0.5, 0.6) is 5.75 Å². The number of nitrogens with zero attached hydrogens (tertiary/aromatic N) is 3. The number of halogens is 1. The maximum atomic E-state index is 14.8. The number of imide groups is 1. The normalized spacial score (nSPS) is 21.9. The lowest BCUT2D eigenvalue weighted by molar-refractivity contribution is -0.143. The molecule has 62 heavy (non-hydrogen) atoms. The number of aromatic nitrogens is 2. The van der Waals surface area contributed by atoms with Crippen LogP contribution in [-0.4, -0.2) is 103 Å². The molecule has 6 rings (SSSR count). The Bertz CT molecular complexity index is 2360. The number of fused-ring (bicyclic) bond motifs is 1. The highest BCUT2D eigenvalue weighted by molar-refractivity contribution is 7.85. The molecule has 1 aliphatic heterocycles. The summed E-state index contributed by atoms with van der Waals surface area (Å²) in [6.07, 6.45) is 2.81. The number of rotatable bonds is 14. The third kappa shape index (κ3) is 10.4. The molecular weight excluding hydrogens is 864 g/mol. The molecule has 3 aromatic rings. The summed E-state index contributed by atoms with van der Waals surface area (Å²) in [6, 6.07) is 1.70. The van der Waals surface area contributed by atoms with Crippen molar-refractivity contribution >= 4 is 79.1 Å². The van der Waals surface area contributed by atoms with E-state index in [0.29, 0.717) is 51.0 Å². The molecule has 2 aliphatic carbocycles.